The van der Waals surface area contributed by atoms with Gasteiger partial charge in [-0.15, -0.1) is 24.0 Å². The van der Waals surface area contributed by atoms with Crippen molar-refractivity contribution in [2.45, 2.75) is 65.1 Å². The summed E-state index contributed by atoms with van der Waals surface area (Å²) in [5.74, 6) is 0.672. The molecule has 32 heavy (non-hydrogen) atoms. The Labute approximate surface area is 208 Å². The van der Waals surface area contributed by atoms with Crippen molar-refractivity contribution in [1.82, 2.24) is 16.0 Å². The number of primary amides is 1. The van der Waals surface area contributed by atoms with Gasteiger partial charge in [-0.05, 0) is 44.9 Å². The number of amides is 2. The van der Waals surface area contributed by atoms with Crippen LogP contribution in [0.4, 0.5) is 4.79 Å². The van der Waals surface area contributed by atoms with Crippen LogP contribution in [0, 0.1) is 0 Å². The summed E-state index contributed by atoms with van der Waals surface area (Å²) >= 11 is 0. The van der Waals surface area contributed by atoms with E-state index in [1.165, 1.54) is 0 Å². The summed E-state index contributed by atoms with van der Waals surface area (Å²) in [6.45, 7) is 8.39. The third-order valence-electron chi connectivity index (χ3n) is 4.10. The number of aliphatic imine (C=N–C) groups is 1. The molecule has 0 fully saturated rings. The fourth-order valence-electron chi connectivity index (χ4n) is 2.67. The average Bonchev–Trinajstić information content (AvgIpc) is 2.70. The number of carbonyl (C=O) groups is 2. The SMILES string of the molecule is CCCCC(CNC(=O)OC(C)(C)C)NC(=NC)NCc1cccc(OCC(N)=O)c1.I. The smallest absolute Gasteiger partial charge is 0.407 e. The molecule has 1 aromatic carbocycles. The maximum Gasteiger partial charge on any atom is 0.407 e. The van der Waals surface area contributed by atoms with Crippen molar-refractivity contribution in [3.8, 4) is 5.75 Å². The first kappa shape index (κ1) is 29.8. The molecule has 182 valence electrons. The molecule has 10 heteroatoms. The van der Waals surface area contributed by atoms with Crippen LogP contribution in [-0.4, -0.2) is 49.8 Å². The third-order valence-corrected chi connectivity index (χ3v) is 4.10. The van der Waals surface area contributed by atoms with Gasteiger partial charge in [0.05, 0.1) is 0 Å². The largest absolute Gasteiger partial charge is 0.484 e. The standard InChI is InChI=1S/C22H37N5O4.HI/c1-6-7-10-17(14-26-21(29)31-22(2,3)4)27-20(24-5)25-13-16-9-8-11-18(12-16)30-15-19(23)28;/h8-9,11-12,17H,6-7,10,13-15H2,1-5H3,(H2,23,28)(H,26,29)(H2,24,25,27);1H. The number of alkyl carbamates (subject to hydrolysis) is 1. The number of nitrogens with two attached hydrogens (primary N) is 1. The Morgan fingerprint density at radius 1 is 1.22 bits per heavy atom. The third kappa shape index (κ3) is 13.9. The normalized spacial score (nSPS) is 12.2. The van der Waals surface area contributed by atoms with Crippen LogP contribution in [0.15, 0.2) is 29.3 Å². The van der Waals surface area contributed by atoms with E-state index in [1.54, 1.807) is 13.1 Å². The van der Waals surface area contributed by atoms with Crippen molar-refractivity contribution in [3.05, 3.63) is 29.8 Å². The number of carbonyl (C=O) groups excluding carboxylic acids is 2. The van der Waals surface area contributed by atoms with Gasteiger partial charge in [-0.1, -0.05) is 31.9 Å². The number of ether oxygens (including phenoxy) is 2. The number of nitrogens with one attached hydrogen (secondary N) is 3. The maximum atomic E-state index is 12.0. The molecule has 0 aliphatic carbocycles. The van der Waals surface area contributed by atoms with Crippen molar-refractivity contribution in [2.75, 3.05) is 20.2 Å². The van der Waals surface area contributed by atoms with Crippen molar-refractivity contribution < 1.29 is 19.1 Å². The van der Waals surface area contributed by atoms with Crippen molar-refractivity contribution in [1.29, 1.82) is 0 Å². The zero-order chi connectivity index (χ0) is 23.3. The van der Waals surface area contributed by atoms with Gasteiger partial charge < -0.3 is 31.2 Å². The van der Waals surface area contributed by atoms with Crippen LogP contribution in [-0.2, 0) is 16.1 Å². The molecule has 0 spiro atoms. The first-order valence-electron chi connectivity index (χ1n) is 10.6. The number of guanidine groups is 1. The van der Waals surface area contributed by atoms with Crippen LogP contribution in [0.5, 0.6) is 5.75 Å². The quantitative estimate of drug-likeness (QED) is 0.186. The van der Waals surface area contributed by atoms with Crippen molar-refractivity contribution in [3.63, 3.8) is 0 Å². The average molecular weight is 563 g/mol. The molecule has 0 saturated heterocycles. The lowest BCUT2D eigenvalue weighted by molar-refractivity contribution is -0.119. The summed E-state index contributed by atoms with van der Waals surface area (Å²) < 4.78 is 10.6. The molecular formula is C22H38IN5O4. The molecule has 5 N–H and O–H groups in total. The predicted molar refractivity (Wildman–Crippen MR) is 137 cm³/mol. The Balaban J connectivity index is 0.00000961. The topological polar surface area (TPSA) is 127 Å². The van der Waals surface area contributed by atoms with E-state index >= 15 is 0 Å². The number of halogens is 1. The predicted octanol–water partition coefficient (Wildman–Crippen LogP) is 2.92. The fourth-order valence-corrected chi connectivity index (χ4v) is 2.67. The minimum atomic E-state index is -0.538. The highest BCUT2D eigenvalue weighted by Gasteiger charge is 2.18. The number of unbranched alkanes of at least 4 members (excludes halogenated alkanes) is 1. The van der Waals surface area contributed by atoms with Gasteiger partial charge >= 0.3 is 6.09 Å². The van der Waals surface area contributed by atoms with E-state index in [2.05, 4.69) is 27.9 Å². The first-order valence-corrected chi connectivity index (χ1v) is 10.6. The van der Waals surface area contributed by atoms with Gasteiger partial charge in [0.1, 0.15) is 11.4 Å². The Kier molecular flexibility index (Phi) is 14.5. The lowest BCUT2D eigenvalue weighted by Crippen LogP contribution is -2.48. The molecular weight excluding hydrogens is 525 g/mol. The maximum absolute atomic E-state index is 12.0. The minimum Gasteiger partial charge on any atom is -0.484 e. The van der Waals surface area contributed by atoms with Crippen molar-refractivity contribution >= 4 is 41.9 Å². The number of rotatable bonds is 11. The van der Waals surface area contributed by atoms with E-state index in [9.17, 15) is 9.59 Å². The fraction of sp³-hybridized carbons (Fsp3) is 0.591. The molecule has 0 aliphatic rings. The molecule has 1 unspecified atom stereocenters. The van der Waals surface area contributed by atoms with Crippen LogP contribution in [0.1, 0.15) is 52.5 Å². The lowest BCUT2D eigenvalue weighted by atomic mass is 10.1. The van der Waals surface area contributed by atoms with Gasteiger partial charge in [0, 0.05) is 26.2 Å². The molecule has 1 aromatic rings. The van der Waals surface area contributed by atoms with Gasteiger partial charge in [0.25, 0.3) is 5.91 Å². The summed E-state index contributed by atoms with van der Waals surface area (Å²) in [7, 11) is 1.69. The molecule has 0 radical (unpaired) electrons. The van der Waals surface area contributed by atoms with E-state index in [0.717, 1.165) is 24.8 Å². The molecule has 0 aromatic heterocycles. The number of nitrogens with zero attached hydrogens (tertiary/aromatic N) is 1. The molecule has 0 bridgehead atoms. The molecule has 1 atom stereocenters. The summed E-state index contributed by atoms with van der Waals surface area (Å²) in [5, 5.41) is 9.44. The highest BCUT2D eigenvalue weighted by atomic mass is 127. The van der Waals surface area contributed by atoms with Gasteiger partial charge in [0.15, 0.2) is 12.6 Å². The summed E-state index contributed by atoms with van der Waals surface area (Å²) in [4.78, 5) is 27.1. The Bertz CT molecular complexity index is 737. The first-order chi connectivity index (χ1) is 14.6. The number of hydrogen-bond donors (Lipinski definition) is 4. The van der Waals surface area contributed by atoms with Crippen LogP contribution < -0.4 is 26.4 Å². The zero-order valence-electron chi connectivity index (χ0n) is 19.7. The second kappa shape index (κ2) is 15.5. The summed E-state index contributed by atoms with van der Waals surface area (Å²) in [5.41, 5.74) is 5.54. The Morgan fingerprint density at radius 3 is 2.53 bits per heavy atom. The molecule has 0 aliphatic heterocycles. The number of hydrogen-bond acceptors (Lipinski definition) is 5. The Morgan fingerprint density at radius 2 is 1.94 bits per heavy atom. The van der Waals surface area contributed by atoms with Gasteiger partial charge in [0.2, 0.25) is 0 Å². The summed E-state index contributed by atoms with van der Waals surface area (Å²) in [6, 6.07) is 7.39. The van der Waals surface area contributed by atoms with Crippen LogP contribution in [0.3, 0.4) is 0 Å². The lowest BCUT2D eigenvalue weighted by Gasteiger charge is -2.24. The summed E-state index contributed by atoms with van der Waals surface area (Å²) in [6.07, 6.45) is 2.51. The van der Waals surface area contributed by atoms with Crippen LogP contribution in [0.25, 0.3) is 0 Å². The van der Waals surface area contributed by atoms with E-state index in [1.807, 2.05) is 39.0 Å². The molecule has 1 rings (SSSR count). The van der Waals surface area contributed by atoms with Crippen molar-refractivity contribution in [2.24, 2.45) is 10.7 Å². The highest BCUT2D eigenvalue weighted by Crippen LogP contribution is 2.13. The van der Waals surface area contributed by atoms with Crippen LogP contribution >= 0.6 is 24.0 Å². The van der Waals surface area contributed by atoms with Crippen LogP contribution in [0.2, 0.25) is 0 Å². The molecule has 9 nitrogen and oxygen atoms in total. The van der Waals surface area contributed by atoms with Gasteiger partial charge in [-0.3, -0.25) is 9.79 Å². The van der Waals surface area contributed by atoms with Gasteiger partial charge in [-0.25, -0.2) is 4.79 Å². The molecule has 0 heterocycles. The zero-order valence-corrected chi connectivity index (χ0v) is 22.0. The molecule has 0 saturated carbocycles. The van der Waals surface area contributed by atoms with E-state index < -0.39 is 17.6 Å². The second-order valence-corrected chi connectivity index (χ2v) is 8.19. The van der Waals surface area contributed by atoms with E-state index in [0.29, 0.717) is 24.8 Å². The number of benzene rings is 1. The monoisotopic (exact) mass is 563 g/mol. The molecule has 2 amide bonds. The second-order valence-electron chi connectivity index (χ2n) is 8.19. The van der Waals surface area contributed by atoms with E-state index in [-0.39, 0.29) is 36.6 Å². The van der Waals surface area contributed by atoms with E-state index in [4.69, 9.17) is 15.2 Å². The Hall–Kier alpha value is -2.24. The minimum absolute atomic E-state index is 0. The highest BCUT2D eigenvalue weighted by molar-refractivity contribution is 14.0. The van der Waals surface area contributed by atoms with Gasteiger partial charge in [-0.2, -0.15) is 0 Å².